The van der Waals surface area contributed by atoms with Crippen molar-refractivity contribution >= 4 is 35.2 Å². The molecule has 0 N–H and O–H groups in total. The molecule has 0 heterocycles. The first kappa shape index (κ1) is 28.1. The Morgan fingerprint density at radius 3 is 0.833 bits per heavy atom. The zero-order valence-electron chi connectivity index (χ0n) is 13.8. The van der Waals surface area contributed by atoms with Crippen LogP contribution in [0.4, 0.5) is 0 Å². The number of hydrogen-bond acceptors (Lipinski definition) is 4. The second kappa shape index (κ2) is 12.6. The van der Waals surface area contributed by atoms with Gasteiger partial charge in [-0.1, -0.05) is 26.2 Å². The van der Waals surface area contributed by atoms with Gasteiger partial charge in [-0.05, 0) is 26.2 Å². The molecule has 0 aromatic rings. The summed E-state index contributed by atoms with van der Waals surface area (Å²) in [7, 11) is -6.91. The van der Waals surface area contributed by atoms with Crippen LogP contribution in [0.1, 0.15) is 0 Å². The molecule has 0 aliphatic carbocycles. The quantitative estimate of drug-likeness (QED) is 0.485. The van der Waals surface area contributed by atoms with E-state index in [1.807, 2.05) is 26.2 Å². The molecule has 0 saturated carbocycles. The normalized spacial score (nSPS) is 11.3. The number of hydrogen-bond donors (Lipinski definition) is 0. The zero-order valence-corrected chi connectivity index (χ0v) is 18.1. The van der Waals surface area contributed by atoms with Crippen LogP contribution < -0.4 is 47.3 Å². The van der Waals surface area contributed by atoms with Crippen molar-refractivity contribution in [1.29, 1.82) is 0 Å². The Morgan fingerprint density at radius 2 is 0.833 bits per heavy atom. The van der Waals surface area contributed by atoms with Gasteiger partial charge in [0.15, 0.2) is 18.1 Å². The van der Waals surface area contributed by atoms with Crippen molar-refractivity contribution < 1.29 is 55.5 Å². The third kappa shape index (κ3) is 36.1. The van der Waals surface area contributed by atoms with Gasteiger partial charge >= 0.3 is 37.7 Å². The summed E-state index contributed by atoms with van der Waals surface area (Å²) in [4.78, 5) is 21.7. The largest absolute Gasteiger partial charge is 1.00 e. The van der Waals surface area contributed by atoms with Crippen LogP contribution in [0, 0.1) is 0 Å². The fourth-order valence-electron chi connectivity index (χ4n) is 1.14. The summed E-state index contributed by atoms with van der Waals surface area (Å²) in [6.07, 6.45) is 0. The maximum atomic E-state index is 10.9. The molecule has 0 aliphatic heterocycles. The molecule has 0 atom stereocenters. The standard InChI is InChI=1S/2C4H13O2Si2.2Li/c2*1-7(2)6-8(3,4)5;;/h2*7H,1-4H3;;/q2*-1;2*+1. The average molecular weight is 313 g/mol. The predicted octanol–water partition coefficient (Wildman–Crippen LogP) is -5.89. The molecule has 0 unspecified atom stereocenters. The van der Waals surface area contributed by atoms with E-state index in [1.54, 1.807) is 26.2 Å². The van der Waals surface area contributed by atoms with Crippen LogP contribution in [0.5, 0.6) is 0 Å². The van der Waals surface area contributed by atoms with E-state index in [2.05, 4.69) is 0 Å². The smallest absolute Gasteiger partial charge is 0.839 e. The van der Waals surface area contributed by atoms with Crippen LogP contribution in [0.3, 0.4) is 0 Å². The third-order valence-corrected chi connectivity index (χ3v) is 9.35. The molecule has 10 heteroatoms. The van der Waals surface area contributed by atoms with E-state index in [4.69, 9.17) is 8.23 Å². The minimum absolute atomic E-state index is 0. The van der Waals surface area contributed by atoms with Gasteiger partial charge in [-0.2, -0.15) is 0 Å². The fraction of sp³-hybridized carbons (Fsp3) is 1.00. The molecule has 18 heavy (non-hydrogen) atoms. The van der Waals surface area contributed by atoms with Gasteiger partial charge < -0.3 is 17.8 Å². The summed E-state index contributed by atoms with van der Waals surface area (Å²) in [6.45, 7) is 14.8. The van der Waals surface area contributed by atoms with Gasteiger partial charge in [-0.3, -0.25) is 0 Å². The minimum Gasteiger partial charge on any atom is -0.839 e. The van der Waals surface area contributed by atoms with E-state index in [9.17, 15) is 9.59 Å². The van der Waals surface area contributed by atoms with Crippen LogP contribution in [-0.2, 0) is 8.23 Å². The first-order valence-electron chi connectivity index (χ1n) is 5.60. The summed E-state index contributed by atoms with van der Waals surface area (Å²) in [5.41, 5.74) is 0. The summed E-state index contributed by atoms with van der Waals surface area (Å²) in [5.74, 6) is 0. The van der Waals surface area contributed by atoms with E-state index < -0.39 is 35.2 Å². The second-order valence-corrected chi connectivity index (χ2v) is 16.8. The first-order valence-corrected chi connectivity index (χ1v) is 16.8. The summed E-state index contributed by atoms with van der Waals surface area (Å²) >= 11 is 0. The van der Waals surface area contributed by atoms with E-state index >= 15 is 0 Å². The van der Waals surface area contributed by atoms with Gasteiger partial charge in [0.05, 0.1) is 17.1 Å². The van der Waals surface area contributed by atoms with Crippen LogP contribution in [-0.4, -0.2) is 35.2 Å². The van der Waals surface area contributed by atoms with Crippen molar-refractivity contribution in [1.82, 2.24) is 0 Å². The predicted molar refractivity (Wildman–Crippen MR) is 74.9 cm³/mol. The molecule has 4 nitrogen and oxygen atoms in total. The fourth-order valence-corrected chi connectivity index (χ4v) is 10.2. The Kier molecular flexibility index (Phi) is 19.7. The van der Waals surface area contributed by atoms with Gasteiger partial charge in [-0.15, -0.1) is 0 Å². The molecule has 0 spiro atoms. The van der Waals surface area contributed by atoms with Crippen molar-refractivity contribution in [2.24, 2.45) is 0 Å². The topological polar surface area (TPSA) is 64.6 Å². The molecule has 100 valence electrons. The Labute approximate surface area is 142 Å². The summed E-state index contributed by atoms with van der Waals surface area (Å²) < 4.78 is 10.3. The maximum Gasteiger partial charge on any atom is 1.00 e. The average Bonchev–Trinajstić information content (AvgIpc) is 1.72. The second-order valence-electron chi connectivity index (χ2n) is 5.13. The molecular weight excluding hydrogens is 286 g/mol. The Hall–Kier alpha value is 1.90. The van der Waals surface area contributed by atoms with E-state index in [-0.39, 0.29) is 37.7 Å². The zero-order chi connectivity index (χ0) is 13.6. The Bertz CT molecular complexity index is 163. The molecular formula is C8H26Li2O4Si4. The van der Waals surface area contributed by atoms with Gasteiger partial charge in [-0.25, -0.2) is 0 Å². The molecule has 0 aromatic carbocycles. The summed E-state index contributed by atoms with van der Waals surface area (Å²) in [5, 5.41) is 0. The first-order chi connectivity index (χ1) is 6.83. The van der Waals surface area contributed by atoms with Gasteiger partial charge in [0.2, 0.25) is 0 Å². The van der Waals surface area contributed by atoms with Crippen molar-refractivity contribution in [3.8, 4) is 0 Å². The van der Waals surface area contributed by atoms with Gasteiger partial charge in [0.1, 0.15) is 0 Å². The van der Waals surface area contributed by atoms with Crippen molar-refractivity contribution in [2.45, 2.75) is 52.4 Å². The monoisotopic (exact) mass is 312 g/mol. The molecule has 0 aliphatic rings. The SMILES string of the molecule is C[SiH](C)O[Si](C)(C)[O-].C[SiH](C)O[Si](C)(C)[O-].[Li+].[Li+]. The van der Waals surface area contributed by atoms with Crippen molar-refractivity contribution in [3.05, 3.63) is 0 Å². The third-order valence-electron chi connectivity index (χ3n) is 1.04. The van der Waals surface area contributed by atoms with E-state index in [1.165, 1.54) is 0 Å². The Morgan fingerprint density at radius 1 is 0.667 bits per heavy atom. The van der Waals surface area contributed by atoms with Crippen LogP contribution in [0.2, 0.25) is 52.4 Å². The Balaban J connectivity index is -0.0000000980. The molecule has 0 saturated heterocycles. The number of rotatable bonds is 4. The minimum atomic E-state index is -2.41. The van der Waals surface area contributed by atoms with Gasteiger partial charge in [0, 0.05) is 0 Å². The van der Waals surface area contributed by atoms with E-state index in [0.29, 0.717) is 0 Å². The van der Waals surface area contributed by atoms with Crippen LogP contribution in [0.25, 0.3) is 0 Å². The summed E-state index contributed by atoms with van der Waals surface area (Å²) in [6, 6.07) is 0. The molecule has 0 bridgehead atoms. The maximum absolute atomic E-state index is 10.9. The molecule has 0 radical (unpaired) electrons. The van der Waals surface area contributed by atoms with Crippen molar-refractivity contribution in [2.75, 3.05) is 0 Å². The molecule has 0 aromatic heterocycles. The molecule has 0 amide bonds. The van der Waals surface area contributed by atoms with Crippen molar-refractivity contribution in [3.63, 3.8) is 0 Å². The van der Waals surface area contributed by atoms with Crippen LogP contribution >= 0.6 is 0 Å². The van der Waals surface area contributed by atoms with Crippen LogP contribution in [0.15, 0.2) is 0 Å². The molecule has 0 fully saturated rings. The van der Waals surface area contributed by atoms with Gasteiger partial charge in [0.25, 0.3) is 0 Å². The molecule has 0 rings (SSSR count). The van der Waals surface area contributed by atoms with E-state index in [0.717, 1.165) is 0 Å².